The van der Waals surface area contributed by atoms with Gasteiger partial charge in [-0.2, -0.15) is 0 Å². The molecule has 3 N–H and O–H groups in total. The zero-order valence-corrected chi connectivity index (χ0v) is 10.8. The fourth-order valence-corrected chi connectivity index (χ4v) is 1.63. The van der Waals surface area contributed by atoms with Gasteiger partial charge in [-0.15, -0.1) is 0 Å². The molecule has 1 aromatic carbocycles. The van der Waals surface area contributed by atoms with Crippen LogP contribution in [0, 0.1) is 0 Å². The lowest BCUT2D eigenvalue weighted by molar-refractivity contribution is 0.401. The molecule has 90 valence electrons. The Hall–Kier alpha value is -1.06. The Morgan fingerprint density at radius 3 is 2.38 bits per heavy atom. The molecule has 0 fully saturated rings. The van der Waals surface area contributed by atoms with Crippen LogP contribution in [-0.2, 0) is 5.41 Å². The molecule has 0 radical (unpaired) electrons. The minimum Gasteiger partial charge on any atom is -0.496 e. The van der Waals surface area contributed by atoms with Gasteiger partial charge in [0.15, 0.2) is 0 Å². The number of nitrogens with two attached hydrogens (primary N) is 1. The number of nitrogens with one attached hydrogen (secondary N) is 1. The minimum absolute atomic E-state index is 0.0808. The van der Waals surface area contributed by atoms with E-state index in [4.69, 9.17) is 10.6 Å². The van der Waals surface area contributed by atoms with E-state index in [1.165, 1.54) is 5.56 Å². The van der Waals surface area contributed by atoms with Gasteiger partial charge in [-0.25, -0.2) is 0 Å². The van der Waals surface area contributed by atoms with Crippen LogP contribution in [0.3, 0.4) is 0 Å². The summed E-state index contributed by atoms with van der Waals surface area (Å²) in [6.45, 7) is 8.60. The number of hydrogen-bond donors (Lipinski definition) is 2. The zero-order valence-electron chi connectivity index (χ0n) is 10.8. The van der Waals surface area contributed by atoms with Gasteiger partial charge in [0.2, 0.25) is 0 Å². The second kappa shape index (κ2) is 4.85. The van der Waals surface area contributed by atoms with Crippen molar-refractivity contribution >= 4 is 0 Å². The van der Waals surface area contributed by atoms with Crippen LogP contribution < -0.4 is 16.0 Å². The highest BCUT2D eigenvalue weighted by molar-refractivity contribution is 5.41. The maximum atomic E-state index is 5.48. The summed E-state index contributed by atoms with van der Waals surface area (Å²) in [5, 5.41) is 0. The molecule has 1 unspecified atom stereocenters. The molecule has 1 aromatic rings. The lowest BCUT2D eigenvalue weighted by Crippen LogP contribution is -2.26. The molecule has 0 aliphatic rings. The summed E-state index contributed by atoms with van der Waals surface area (Å²) in [6.07, 6.45) is 0. The van der Waals surface area contributed by atoms with E-state index in [9.17, 15) is 0 Å². The quantitative estimate of drug-likeness (QED) is 0.610. The fourth-order valence-electron chi connectivity index (χ4n) is 1.63. The summed E-state index contributed by atoms with van der Waals surface area (Å²) in [5.74, 6) is 6.35. The zero-order chi connectivity index (χ0) is 12.3. The van der Waals surface area contributed by atoms with E-state index >= 15 is 0 Å². The molecular formula is C13H22N2O. The average molecular weight is 222 g/mol. The SMILES string of the molecule is COc1ccc(C(C)(C)C)cc1C(C)NN. The van der Waals surface area contributed by atoms with Crippen LogP contribution >= 0.6 is 0 Å². The van der Waals surface area contributed by atoms with Crippen molar-refractivity contribution in [2.75, 3.05) is 7.11 Å². The van der Waals surface area contributed by atoms with Gasteiger partial charge in [-0.3, -0.25) is 11.3 Å². The van der Waals surface area contributed by atoms with Gasteiger partial charge in [0, 0.05) is 11.6 Å². The third kappa shape index (κ3) is 2.74. The highest BCUT2D eigenvalue weighted by atomic mass is 16.5. The highest BCUT2D eigenvalue weighted by Crippen LogP contribution is 2.31. The Labute approximate surface area is 98.0 Å². The molecule has 0 saturated heterocycles. The molecule has 0 bridgehead atoms. The molecule has 3 heteroatoms. The van der Waals surface area contributed by atoms with Crippen molar-refractivity contribution in [2.24, 2.45) is 5.84 Å². The maximum absolute atomic E-state index is 5.48. The third-order valence-electron chi connectivity index (χ3n) is 2.81. The molecule has 16 heavy (non-hydrogen) atoms. The van der Waals surface area contributed by atoms with Crippen molar-refractivity contribution in [3.63, 3.8) is 0 Å². The molecular weight excluding hydrogens is 200 g/mol. The molecule has 0 amide bonds. The predicted octanol–water partition coefficient (Wildman–Crippen LogP) is 2.52. The van der Waals surface area contributed by atoms with Crippen LogP contribution in [0.2, 0.25) is 0 Å². The Bertz CT molecular complexity index is 355. The van der Waals surface area contributed by atoms with Crippen molar-refractivity contribution < 1.29 is 4.74 Å². The van der Waals surface area contributed by atoms with E-state index in [1.807, 2.05) is 13.0 Å². The number of hydrogen-bond acceptors (Lipinski definition) is 3. The van der Waals surface area contributed by atoms with Crippen molar-refractivity contribution in [2.45, 2.75) is 39.2 Å². The Kier molecular flexibility index (Phi) is 3.94. The molecule has 1 rings (SSSR count). The van der Waals surface area contributed by atoms with Crippen molar-refractivity contribution in [3.8, 4) is 5.75 Å². The molecule has 1 atom stereocenters. The molecule has 3 nitrogen and oxygen atoms in total. The van der Waals surface area contributed by atoms with E-state index in [1.54, 1.807) is 7.11 Å². The molecule has 0 aromatic heterocycles. The highest BCUT2D eigenvalue weighted by Gasteiger charge is 2.17. The average Bonchev–Trinajstić information content (AvgIpc) is 2.25. The van der Waals surface area contributed by atoms with Gasteiger partial charge < -0.3 is 4.74 Å². The number of ether oxygens (including phenoxy) is 1. The maximum Gasteiger partial charge on any atom is 0.123 e. The third-order valence-corrected chi connectivity index (χ3v) is 2.81. The lowest BCUT2D eigenvalue weighted by Gasteiger charge is -2.23. The largest absolute Gasteiger partial charge is 0.496 e. The first-order valence-corrected chi connectivity index (χ1v) is 5.54. The van der Waals surface area contributed by atoms with Gasteiger partial charge in [0.1, 0.15) is 5.75 Å². The first kappa shape index (κ1) is 13.0. The van der Waals surface area contributed by atoms with Gasteiger partial charge in [-0.1, -0.05) is 26.8 Å². The summed E-state index contributed by atoms with van der Waals surface area (Å²) in [4.78, 5) is 0. The van der Waals surface area contributed by atoms with E-state index in [-0.39, 0.29) is 11.5 Å². The summed E-state index contributed by atoms with van der Waals surface area (Å²) >= 11 is 0. The summed E-state index contributed by atoms with van der Waals surface area (Å²) in [6, 6.07) is 6.34. The molecule has 0 saturated carbocycles. The van der Waals surface area contributed by atoms with Crippen LogP contribution in [0.4, 0.5) is 0 Å². The monoisotopic (exact) mass is 222 g/mol. The Morgan fingerprint density at radius 2 is 1.94 bits per heavy atom. The van der Waals surface area contributed by atoms with Crippen LogP contribution in [-0.4, -0.2) is 7.11 Å². The topological polar surface area (TPSA) is 47.3 Å². The second-order valence-electron chi connectivity index (χ2n) is 5.10. The first-order valence-electron chi connectivity index (χ1n) is 5.54. The predicted molar refractivity (Wildman–Crippen MR) is 67.4 cm³/mol. The molecule has 0 aliphatic carbocycles. The molecule has 0 aliphatic heterocycles. The van der Waals surface area contributed by atoms with Crippen LogP contribution in [0.15, 0.2) is 18.2 Å². The molecule has 0 heterocycles. The number of benzene rings is 1. The van der Waals surface area contributed by atoms with E-state index < -0.39 is 0 Å². The summed E-state index contributed by atoms with van der Waals surface area (Å²) in [7, 11) is 1.68. The van der Waals surface area contributed by atoms with Crippen LogP contribution in [0.5, 0.6) is 5.75 Å². The van der Waals surface area contributed by atoms with Gasteiger partial charge >= 0.3 is 0 Å². The summed E-state index contributed by atoms with van der Waals surface area (Å²) < 4.78 is 5.34. The number of rotatable bonds is 3. The van der Waals surface area contributed by atoms with Crippen LogP contribution in [0.1, 0.15) is 44.9 Å². The van der Waals surface area contributed by atoms with Crippen molar-refractivity contribution in [1.29, 1.82) is 0 Å². The van der Waals surface area contributed by atoms with Crippen molar-refractivity contribution in [3.05, 3.63) is 29.3 Å². The lowest BCUT2D eigenvalue weighted by atomic mass is 9.85. The van der Waals surface area contributed by atoms with Gasteiger partial charge in [0.05, 0.1) is 7.11 Å². The number of methoxy groups -OCH3 is 1. The Balaban J connectivity index is 3.21. The Morgan fingerprint density at radius 1 is 1.31 bits per heavy atom. The van der Waals surface area contributed by atoms with Gasteiger partial charge in [0.25, 0.3) is 0 Å². The number of hydrazine groups is 1. The first-order chi connectivity index (χ1) is 7.40. The van der Waals surface area contributed by atoms with E-state index in [0.29, 0.717) is 0 Å². The smallest absolute Gasteiger partial charge is 0.123 e. The van der Waals surface area contributed by atoms with Crippen LogP contribution in [0.25, 0.3) is 0 Å². The van der Waals surface area contributed by atoms with E-state index in [0.717, 1.165) is 11.3 Å². The second-order valence-corrected chi connectivity index (χ2v) is 5.10. The van der Waals surface area contributed by atoms with E-state index in [2.05, 4.69) is 38.3 Å². The van der Waals surface area contributed by atoms with Crippen molar-refractivity contribution in [1.82, 2.24) is 5.43 Å². The molecule has 0 spiro atoms. The fraction of sp³-hybridized carbons (Fsp3) is 0.538. The van der Waals surface area contributed by atoms with Gasteiger partial charge in [-0.05, 0) is 30.0 Å². The summed E-state index contributed by atoms with van der Waals surface area (Å²) in [5.41, 5.74) is 5.27. The standard InChI is InChI=1S/C13H22N2O/c1-9(15-14)11-8-10(13(2,3)4)6-7-12(11)16-5/h6-9,15H,14H2,1-5H3. The minimum atomic E-state index is 0.0808. The normalized spacial score (nSPS) is 13.6.